The van der Waals surface area contributed by atoms with Crippen molar-refractivity contribution in [1.82, 2.24) is 10.3 Å². The first-order chi connectivity index (χ1) is 8.73. The summed E-state index contributed by atoms with van der Waals surface area (Å²) in [5.74, 6) is 1.71. The molecule has 2 rings (SSSR count). The number of hydrogen-bond donors (Lipinski definition) is 2. The Morgan fingerprint density at radius 2 is 2.22 bits per heavy atom. The van der Waals surface area contributed by atoms with Crippen LogP contribution in [-0.4, -0.2) is 31.2 Å². The fourth-order valence-corrected chi connectivity index (χ4v) is 2.30. The Bertz CT molecular complexity index is 375. The third-order valence-electron chi connectivity index (χ3n) is 3.56. The summed E-state index contributed by atoms with van der Waals surface area (Å²) in [5.41, 5.74) is 0.353. The number of anilines is 1. The lowest BCUT2D eigenvalue weighted by molar-refractivity contribution is 0.246. The third kappa shape index (κ3) is 3.35. The van der Waals surface area contributed by atoms with Crippen molar-refractivity contribution in [2.45, 2.75) is 26.7 Å². The molecule has 2 N–H and O–H groups in total. The summed E-state index contributed by atoms with van der Waals surface area (Å²) < 4.78 is 5.57. The van der Waals surface area contributed by atoms with Crippen LogP contribution in [0.5, 0.6) is 5.75 Å². The minimum absolute atomic E-state index is 0.353. The molecule has 2 heterocycles. The molecule has 1 fully saturated rings. The molecule has 1 aromatic rings. The van der Waals surface area contributed by atoms with Gasteiger partial charge in [0.05, 0.1) is 6.61 Å². The highest BCUT2D eigenvalue weighted by atomic mass is 16.5. The van der Waals surface area contributed by atoms with E-state index in [1.165, 1.54) is 12.8 Å². The molecule has 0 amide bonds. The van der Waals surface area contributed by atoms with Crippen LogP contribution in [0.15, 0.2) is 18.3 Å². The summed E-state index contributed by atoms with van der Waals surface area (Å²) in [6, 6.07) is 3.87. The summed E-state index contributed by atoms with van der Waals surface area (Å²) in [6.45, 7) is 8.17. The van der Waals surface area contributed by atoms with E-state index in [1.54, 1.807) is 6.20 Å². The predicted molar refractivity (Wildman–Crippen MR) is 74.1 cm³/mol. The lowest BCUT2D eigenvalue weighted by atomic mass is 9.81. The van der Waals surface area contributed by atoms with E-state index in [-0.39, 0.29) is 0 Å². The highest BCUT2D eigenvalue weighted by Crippen LogP contribution is 2.29. The van der Waals surface area contributed by atoms with Crippen LogP contribution >= 0.6 is 0 Å². The number of ether oxygens (including phenoxy) is 1. The van der Waals surface area contributed by atoms with E-state index in [2.05, 4.69) is 22.5 Å². The first kappa shape index (κ1) is 13.1. The molecule has 0 spiro atoms. The average Bonchev–Trinajstić information content (AvgIpc) is 2.39. The molecule has 0 aliphatic carbocycles. The Hall–Kier alpha value is -1.29. The molecule has 0 bridgehead atoms. The van der Waals surface area contributed by atoms with E-state index >= 15 is 0 Å². The minimum Gasteiger partial charge on any atom is -0.490 e. The highest BCUT2D eigenvalue weighted by Gasteiger charge is 2.26. The maximum absolute atomic E-state index is 5.57. The second kappa shape index (κ2) is 6.05. The summed E-state index contributed by atoms with van der Waals surface area (Å²) >= 11 is 0. The maximum Gasteiger partial charge on any atom is 0.168 e. The van der Waals surface area contributed by atoms with Crippen molar-refractivity contribution in [3.63, 3.8) is 0 Å². The van der Waals surface area contributed by atoms with Gasteiger partial charge in [0.1, 0.15) is 0 Å². The van der Waals surface area contributed by atoms with E-state index < -0.39 is 0 Å². The van der Waals surface area contributed by atoms with Crippen molar-refractivity contribution in [2.75, 3.05) is 31.6 Å². The van der Waals surface area contributed by atoms with Gasteiger partial charge in [-0.2, -0.15) is 0 Å². The van der Waals surface area contributed by atoms with Gasteiger partial charge in [-0.25, -0.2) is 4.98 Å². The zero-order valence-electron chi connectivity index (χ0n) is 11.3. The Kier molecular flexibility index (Phi) is 4.42. The predicted octanol–water partition coefficient (Wildman–Crippen LogP) is 2.28. The van der Waals surface area contributed by atoms with Gasteiger partial charge in [0.2, 0.25) is 0 Å². The quantitative estimate of drug-likeness (QED) is 0.840. The molecule has 4 heteroatoms. The van der Waals surface area contributed by atoms with Gasteiger partial charge < -0.3 is 15.4 Å². The fraction of sp³-hybridized carbons (Fsp3) is 0.643. The Morgan fingerprint density at radius 1 is 1.44 bits per heavy atom. The van der Waals surface area contributed by atoms with Gasteiger partial charge in [0.25, 0.3) is 0 Å². The van der Waals surface area contributed by atoms with Crippen molar-refractivity contribution in [3.05, 3.63) is 18.3 Å². The number of nitrogens with one attached hydrogen (secondary N) is 2. The van der Waals surface area contributed by atoms with Gasteiger partial charge in [0, 0.05) is 12.7 Å². The van der Waals surface area contributed by atoms with Crippen molar-refractivity contribution in [2.24, 2.45) is 5.41 Å². The third-order valence-corrected chi connectivity index (χ3v) is 3.56. The van der Waals surface area contributed by atoms with Crippen LogP contribution in [0.4, 0.5) is 5.82 Å². The van der Waals surface area contributed by atoms with Gasteiger partial charge in [-0.3, -0.25) is 0 Å². The average molecular weight is 249 g/mol. The molecule has 18 heavy (non-hydrogen) atoms. The van der Waals surface area contributed by atoms with Gasteiger partial charge in [0.15, 0.2) is 11.6 Å². The molecule has 0 aromatic carbocycles. The zero-order valence-corrected chi connectivity index (χ0v) is 11.3. The van der Waals surface area contributed by atoms with Crippen LogP contribution in [0, 0.1) is 5.41 Å². The number of hydrogen-bond acceptors (Lipinski definition) is 4. The first-order valence-corrected chi connectivity index (χ1v) is 6.76. The minimum atomic E-state index is 0.353. The smallest absolute Gasteiger partial charge is 0.168 e. The number of nitrogens with zero attached hydrogens (tertiary/aromatic N) is 1. The van der Waals surface area contributed by atoms with Crippen LogP contribution in [-0.2, 0) is 0 Å². The molecule has 1 aromatic heterocycles. The molecule has 4 nitrogen and oxygen atoms in total. The van der Waals surface area contributed by atoms with Crippen molar-refractivity contribution in [1.29, 1.82) is 0 Å². The molecule has 1 saturated heterocycles. The largest absolute Gasteiger partial charge is 0.490 e. The Morgan fingerprint density at radius 3 is 2.94 bits per heavy atom. The van der Waals surface area contributed by atoms with Crippen LogP contribution in [0.2, 0.25) is 0 Å². The van der Waals surface area contributed by atoms with Crippen molar-refractivity contribution in [3.8, 4) is 5.75 Å². The number of piperidine rings is 1. The van der Waals surface area contributed by atoms with Crippen molar-refractivity contribution < 1.29 is 4.74 Å². The van der Waals surface area contributed by atoms with Crippen LogP contribution < -0.4 is 15.4 Å². The molecule has 100 valence electrons. The van der Waals surface area contributed by atoms with E-state index in [9.17, 15) is 0 Å². The van der Waals surface area contributed by atoms with Gasteiger partial charge in [-0.05, 0) is 50.4 Å². The normalized spacial score (nSPS) is 18.3. The van der Waals surface area contributed by atoms with E-state index in [1.807, 2.05) is 19.1 Å². The summed E-state index contributed by atoms with van der Waals surface area (Å²) in [7, 11) is 0. The molecule has 0 unspecified atom stereocenters. The van der Waals surface area contributed by atoms with Crippen LogP contribution in [0.25, 0.3) is 0 Å². The van der Waals surface area contributed by atoms with E-state index in [0.717, 1.165) is 31.2 Å². The Balaban J connectivity index is 1.96. The molecule has 0 saturated carbocycles. The molecular weight excluding hydrogens is 226 g/mol. The monoisotopic (exact) mass is 249 g/mol. The highest BCUT2D eigenvalue weighted by molar-refractivity contribution is 5.49. The lowest BCUT2D eigenvalue weighted by Gasteiger charge is -2.34. The van der Waals surface area contributed by atoms with Gasteiger partial charge >= 0.3 is 0 Å². The molecule has 0 radical (unpaired) electrons. The molecular formula is C14H23N3O. The summed E-state index contributed by atoms with van der Waals surface area (Å²) in [5, 5.41) is 6.85. The van der Waals surface area contributed by atoms with Gasteiger partial charge in [-0.15, -0.1) is 0 Å². The SMILES string of the molecule is CCOc1cccnc1NCC1(C)CCNCC1. The van der Waals surface area contributed by atoms with Crippen molar-refractivity contribution >= 4 is 5.82 Å². The first-order valence-electron chi connectivity index (χ1n) is 6.76. The lowest BCUT2D eigenvalue weighted by Crippen LogP contribution is -2.39. The molecule has 1 aliphatic rings. The number of pyridine rings is 1. The van der Waals surface area contributed by atoms with E-state index in [4.69, 9.17) is 4.74 Å². The second-order valence-electron chi connectivity index (χ2n) is 5.20. The molecule has 1 aliphatic heterocycles. The zero-order chi connectivity index (χ0) is 12.8. The standard InChI is InChI=1S/C14H23N3O/c1-3-18-12-5-4-8-16-13(12)17-11-14(2)6-9-15-10-7-14/h4-5,8,15H,3,6-7,9-11H2,1-2H3,(H,16,17). The number of aromatic nitrogens is 1. The maximum atomic E-state index is 5.57. The topological polar surface area (TPSA) is 46.2 Å². The number of rotatable bonds is 5. The second-order valence-corrected chi connectivity index (χ2v) is 5.20. The van der Waals surface area contributed by atoms with Gasteiger partial charge in [-0.1, -0.05) is 6.92 Å². The summed E-state index contributed by atoms with van der Waals surface area (Å²) in [6.07, 6.45) is 4.21. The summed E-state index contributed by atoms with van der Waals surface area (Å²) in [4.78, 5) is 4.36. The fourth-order valence-electron chi connectivity index (χ4n) is 2.30. The van der Waals surface area contributed by atoms with Crippen LogP contribution in [0.3, 0.4) is 0 Å². The van der Waals surface area contributed by atoms with E-state index in [0.29, 0.717) is 12.0 Å². The van der Waals surface area contributed by atoms with Crippen LogP contribution in [0.1, 0.15) is 26.7 Å². The Labute approximate surface area is 109 Å². The molecule has 0 atom stereocenters.